The van der Waals surface area contributed by atoms with Gasteiger partial charge in [0.1, 0.15) is 41.7 Å². The predicted molar refractivity (Wildman–Crippen MR) is 97.5 cm³/mol. The second-order valence-electron chi connectivity index (χ2n) is 7.04. The van der Waals surface area contributed by atoms with Crippen molar-refractivity contribution in [3.8, 4) is 17.2 Å². The molecule has 1 aliphatic carbocycles. The summed E-state index contributed by atoms with van der Waals surface area (Å²) in [5.74, 6) is -2.56. The molecule has 0 saturated carbocycles. The normalized spacial score (nSPS) is 28.1. The van der Waals surface area contributed by atoms with Gasteiger partial charge in [-0.1, -0.05) is 12.1 Å². The third kappa shape index (κ3) is 3.02. The number of phenols is 2. The van der Waals surface area contributed by atoms with Gasteiger partial charge in [0.15, 0.2) is 5.78 Å². The van der Waals surface area contributed by atoms with E-state index in [1.807, 2.05) is 0 Å². The van der Waals surface area contributed by atoms with Crippen molar-refractivity contribution in [1.82, 2.24) is 0 Å². The number of aliphatic hydroxyl groups excluding tert-OH is 4. The summed E-state index contributed by atoms with van der Waals surface area (Å²) in [6.45, 7) is -0.693. The third-order valence-electron chi connectivity index (χ3n) is 5.16. The molecule has 4 rings (SSSR count). The molecule has 5 atom stereocenters. The number of phenolic OH excluding ortho intramolecular Hbond substituents is 2. The van der Waals surface area contributed by atoms with Crippen LogP contribution in [0.1, 0.15) is 31.8 Å². The first-order valence-corrected chi connectivity index (χ1v) is 9.00. The number of hydrogen-bond acceptors (Lipinski definition) is 10. The predicted octanol–water partition coefficient (Wildman–Crippen LogP) is -0.948. The van der Waals surface area contributed by atoms with Crippen LogP contribution in [0.3, 0.4) is 0 Å². The van der Waals surface area contributed by atoms with E-state index in [0.29, 0.717) is 0 Å². The Labute approximate surface area is 169 Å². The van der Waals surface area contributed by atoms with Crippen LogP contribution in [0, 0.1) is 0 Å². The fourth-order valence-corrected chi connectivity index (χ4v) is 3.64. The Morgan fingerprint density at radius 1 is 0.900 bits per heavy atom. The average Bonchev–Trinajstić information content (AvgIpc) is 2.71. The van der Waals surface area contributed by atoms with Gasteiger partial charge >= 0.3 is 0 Å². The second-order valence-corrected chi connectivity index (χ2v) is 7.04. The summed E-state index contributed by atoms with van der Waals surface area (Å²) in [4.78, 5) is 25.9. The molecule has 2 aromatic carbocycles. The maximum Gasteiger partial charge on any atom is 0.229 e. The monoisotopic (exact) mass is 418 g/mol. The van der Waals surface area contributed by atoms with Crippen LogP contribution in [0.2, 0.25) is 0 Å². The largest absolute Gasteiger partial charge is 0.508 e. The minimum atomic E-state index is -1.77. The molecule has 2 aliphatic rings. The summed E-state index contributed by atoms with van der Waals surface area (Å²) in [6.07, 6.45) is -8.01. The van der Waals surface area contributed by atoms with Crippen LogP contribution in [-0.2, 0) is 4.74 Å². The Kier molecular flexibility index (Phi) is 4.96. The minimum absolute atomic E-state index is 0.0445. The molecule has 1 aliphatic heterocycles. The number of hydrogen-bond donors (Lipinski definition) is 6. The highest BCUT2D eigenvalue weighted by atomic mass is 16.7. The van der Waals surface area contributed by atoms with Crippen LogP contribution >= 0.6 is 0 Å². The standard InChI is InChI=1S/C20H18O10/c21-6-12-16(25)18(27)19(28)20(30-12)29-11-5-7(22)4-9-14(11)17(26)13-8(15(9)24)2-1-3-10(13)23/h1-5,12,16,18-23,25,27-28H,6H2. The van der Waals surface area contributed by atoms with E-state index in [1.165, 1.54) is 18.2 Å². The number of carbonyl (C=O) groups excluding carboxylic acids is 2. The van der Waals surface area contributed by atoms with Crippen LogP contribution in [0.15, 0.2) is 30.3 Å². The lowest BCUT2D eigenvalue weighted by Gasteiger charge is -2.39. The first-order chi connectivity index (χ1) is 14.2. The van der Waals surface area contributed by atoms with Gasteiger partial charge in [0.2, 0.25) is 12.1 Å². The van der Waals surface area contributed by atoms with Gasteiger partial charge < -0.3 is 40.1 Å². The van der Waals surface area contributed by atoms with Gasteiger partial charge in [-0.25, -0.2) is 0 Å². The molecule has 1 heterocycles. The number of rotatable bonds is 3. The van der Waals surface area contributed by atoms with Crippen molar-refractivity contribution in [2.45, 2.75) is 30.7 Å². The molecule has 1 saturated heterocycles. The molecule has 30 heavy (non-hydrogen) atoms. The molecule has 10 nitrogen and oxygen atoms in total. The van der Waals surface area contributed by atoms with Crippen molar-refractivity contribution in [2.75, 3.05) is 6.61 Å². The third-order valence-corrected chi connectivity index (χ3v) is 5.16. The number of aromatic hydroxyl groups is 2. The molecule has 158 valence electrons. The van der Waals surface area contributed by atoms with Gasteiger partial charge in [0.25, 0.3) is 0 Å². The Bertz CT molecular complexity index is 1030. The van der Waals surface area contributed by atoms with Crippen LogP contribution in [0.5, 0.6) is 17.2 Å². The Hall–Kier alpha value is -3.02. The topological polar surface area (TPSA) is 174 Å². The van der Waals surface area contributed by atoms with Crippen LogP contribution in [-0.4, -0.2) is 79.5 Å². The number of benzene rings is 2. The van der Waals surface area contributed by atoms with Crippen molar-refractivity contribution in [3.05, 3.63) is 52.6 Å². The summed E-state index contributed by atoms with van der Waals surface area (Å²) in [5, 5.41) is 59.4. The van der Waals surface area contributed by atoms with Crippen molar-refractivity contribution in [1.29, 1.82) is 0 Å². The minimum Gasteiger partial charge on any atom is -0.508 e. The van der Waals surface area contributed by atoms with Crippen LogP contribution < -0.4 is 4.74 Å². The lowest BCUT2D eigenvalue weighted by molar-refractivity contribution is -0.277. The van der Waals surface area contributed by atoms with E-state index in [9.17, 15) is 40.2 Å². The first kappa shape index (κ1) is 20.3. The molecule has 0 amide bonds. The second kappa shape index (κ2) is 7.35. The SMILES string of the molecule is O=C1c2cccc(O)c2C(=O)c2c(OC3OC(CO)C(O)C(O)C3O)cc(O)cc21. The van der Waals surface area contributed by atoms with E-state index in [4.69, 9.17) is 9.47 Å². The summed E-state index contributed by atoms with van der Waals surface area (Å²) < 4.78 is 10.8. The number of ether oxygens (including phenoxy) is 2. The van der Waals surface area contributed by atoms with E-state index in [-0.39, 0.29) is 28.0 Å². The van der Waals surface area contributed by atoms with Gasteiger partial charge in [-0.15, -0.1) is 0 Å². The number of carbonyl (C=O) groups is 2. The average molecular weight is 418 g/mol. The van der Waals surface area contributed by atoms with Crippen molar-refractivity contribution in [3.63, 3.8) is 0 Å². The highest BCUT2D eigenvalue weighted by molar-refractivity contribution is 6.30. The van der Waals surface area contributed by atoms with E-state index in [1.54, 1.807) is 0 Å². The van der Waals surface area contributed by atoms with Crippen molar-refractivity contribution >= 4 is 11.6 Å². The number of aliphatic hydroxyl groups is 4. The van der Waals surface area contributed by atoms with E-state index < -0.39 is 60.4 Å². The van der Waals surface area contributed by atoms with Crippen molar-refractivity contribution < 1.29 is 49.7 Å². The zero-order valence-corrected chi connectivity index (χ0v) is 15.3. The van der Waals surface area contributed by atoms with Gasteiger partial charge in [-0.2, -0.15) is 0 Å². The first-order valence-electron chi connectivity index (χ1n) is 9.00. The number of fused-ring (bicyclic) bond motifs is 2. The van der Waals surface area contributed by atoms with Gasteiger partial charge in [-0.05, 0) is 12.1 Å². The quantitative estimate of drug-likeness (QED) is 0.311. The Morgan fingerprint density at radius 2 is 1.63 bits per heavy atom. The molecule has 10 heteroatoms. The summed E-state index contributed by atoms with van der Waals surface area (Å²) >= 11 is 0. The molecule has 1 fully saturated rings. The molecule has 2 aromatic rings. The van der Waals surface area contributed by atoms with E-state index >= 15 is 0 Å². The molecule has 0 radical (unpaired) electrons. The summed E-state index contributed by atoms with van der Waals surface area (Å²) in [7, 11) is 0. The fraction of sp³-hybridized carbons (Fsp3) is 0.300. The highest BCUT2D eigenvalue weighted by Crippen LogP contribution is 2.40. The highest BCUT2D eigenvalue weighted by Gasteiger charge is 2.45. The molecular formula is C20H18O10. The van der Waals surface area contributed by atoms with Crippen LogP contribution in [0.25, 0.3) is 0 Å². The summed E-state index contributed by atoms with van der Waals surface area (Å²) in [5.41, 5.74) is -0.738. The maximum absolute atomic E-state index is 13.1. The maximum atomic E-state index is 13.1. The smallest absolute Gasteiger partial charge is 0.229 e. The number of ketones is 2. The zero-order valence-electron chi connectivity index (χ0n) is 15.3. The molecule has 6 N–H and O–H groups in total. The Balaban J connectivity index is 1.78. The molecule has 0 spiro atoms. The van der Waals surface area contributed by atoms with E-state index in [2.05, 4.69) is 0 Å². The molecule has 5 unspecified atom stereocenters. The van der Waals surface area contributed by atoms with Gasteiger partial charge in [0.05, 0.1) is 17.7 Å². The zero-order chi connectivity index (χ0) is 21.7. The van der Waals surface area contributed by atoms with E-state index in [0.717, 1.165) is 12.1 Å². The van der Waals surface area contributed by atoms with Gasteiger partial charge in [0, 0.05) is 17.2 Å². The lowest BCUT2D eigenvalue weighted by Crippen LogP contribution is -2.60. The Morgan fingerprint density at radius 3 is 2.33 bits per heavy atom. The van der Waals surface area contributed by atoms with Crippen molar-refractivity contribution in [2.24, 2.45) is 0 Å². The molecular weight excluding hydrogens is 400 g/mol. The summed E-state index contributed by atoms with van der Waals surface area (Å²) in [6, 6.07) is 6.09. The molecule has 0 bridgehead atoms. The van der Waals surface area contributed by atoms with Gasteiger partial charge in [-0.3, -0.25) is 9.59 Å². The van der Waals surface area contributed by atoms with Crippen LogP contribution in [0.4, 0.5) is 0 Å². The lowest BCUT2D eigenvalue weighted by atomic mass is 9.83. The molecule has 0 aromatic heterocycles. The fourth-order valence-electron chi connectivity index (χ4n) is 3.64.